The topological polar surface area (TPSA) is 55.9 Å². The minimum absolute atomic E-state index is 0.0455. The van der Waals surface area contributed by atoms with Gasteiger partial charge in [-0.2, -0.15) is 0 Å². The molecule has 1 N–H and O–H groups in total. The minimum atomic E-state index is -0.0455. The van der Waals surface area contributed by atoms with Gasteiger partial charge in [-0.05, 0) is 51.5 Å². The normalized spacial score (nSPS) is 31.2. The number of hydrogen-bond acceptors (Lipinski definition) is 3. The van der Waals surface area contributed by atoms with E-state index in [4.69, 9.17) is 0 Å². The first-order chi connectivity index (χ1) is 13.1. The summed E-state index contributed by atoms with van der Waals surface area (Å²) in [6.07, 6.45) is 11.0. The molecule has 4 fully saturated rings. The van der Waals surface area contributed by atoms with E-state index in [1.807, 2.05) is 4.90 Å². The lowest BCUT2D eigenvalue weighted by atomic mass is 9.86. The number of carbonyl (C=O) groups is 2. The molecule has 0 aromatic rings. The Balaban J connectivity index is 1.38. The molecule has 27 heavy (non-hydrogen) atoms. The zero-order valence-corrected chi connectivity index (χ0v) is 16.9. The average Bonchev–Trinajstić information content (AvgIpc) is 3.50. The number of nitrogens with zero attached hydrogens (tertiary/aromatic N) is 3. The molecule has 0 aromatic heterocycles. The van der Waals surface area contributed by atoms with E-state index in [9.17, 15) is 9.59 Å². The Morgan fingerprint density at radius 3 is 2.59 bits per heavy atom. The van der Waals surface area contributed by atoms with Crippen molar-refractivity contribution in [3.63, 3.8) is 0 Å². The molecule has 152 valence electrons. The van der Waals surface area contributed by atoms with Crippen LogP contribution in [0.1, 0.15) is 64.2 Å². The van der Waals surface area contributed by atoms with Crippen molar-refractivity contribution in [1.29, 1.82) is 0 Å². The lowest BCUT2D eigenvalue weighted by Crippen LogP contribution is -2.63. The van der Waals surface area contributed by atoms with Crippen LogP contribution < -0.4 is 5.32 Å². The molecule has 3 amide bonds. The van der Waals surface area contributed by atoms with Crippen molar-refractivity contribution in [2.75, 3.05) is 39.8 Å². The van der Waals surface area contributed by atoms with Crippen molar-refractivity contribution >= 4 is 11.9 Å². The van der Waals surface area contributed by atoms with Crippen LogP contribution in [0.2, 0.25) is 0 Å². The number of carbonyl (C=O) groups excluding carboxylic acids is 2. The Morgan fingerprint density at radius 1 is 1.07 bits per heavy atom. The Labute approximate surface area is 163 Å². The van der Waals surface area contributed by atoms with Crippen LogP contribution in [0.4, 0.5) is 4.79 Å². The van der Waals surface area contributed by atoms with Crippen molar-refractivity contribution in [1.82, 2.24) is 20.0 Å². The summed E-state index contributed by atoms with van der Waals surface area (Å²) >= 11 is 0. The zero-order chi connectivity index (χ0) is 18.9. The van der Waals surface area contributed by atoms with Crippen molar-refractivity contribution in [3.05, 3.63) is 0 Å². The molecule has 1 atom stereocenters. The van der Waals surface area contributed by atoms with E-state index in [-0.39, 0.29) is 11.6 Å². The van der Waals surface area contributed by atoms with E-state index in [0.717, 1.165) is 64.3 Å². The summed E-state index contributed by atoms with van der Waals surface area (Å²) in [5.74, 6) is 1.06. The minimum Gasteiger partial charge on any atom is -0.342 e. The van der Waals surface area contributed by atoms with Gasteiger partial charge >= 0.3 is 6.03 Å². The van der Waals surface area contributed by atoms with Gasteiger partial charge in [-0.3, -0.25) is 9.69 Å². The quantitative estimate of drug-likeness (QED) is 0.823. The molecule has 0 radical (unpaired) electrons. The summed E-state index contributed by atoms with van der Waals surface area (Å²) < 4.78 is 0. The fourth-order valence-electron chi connectivity index (χ4n) is 5.18. The predicted molar refractivity (Wildman–Crippen MR) is 105 cm³/mol. The molecule has 4 rings (SSSR count). The highest BCUT2D eigenvalue weighted by molar-refractivity contribution is 5.77. The number of rotatable bonds is 3. The number of urea groups is 1. The molecular formula is C21H36N4O2. The van der Waals surface area contributed by atoms with Gasteiger partial charge < -0.3 is 15.1 Å². The predicted octanol–water partition coefficient (Wildman–Crippen LogP) is 2.44. The van der Waals surface area contributed by atoms with Crippen LogP contribution in [-0.4, -0.2) is 78.0 Å². The summed E-state index contributed by atoms with van der Waals surface area (Å²) in [7, 11) is 2.18. The SMILES string of the molecule is CN1CCN(C(=O)NC2CCCCC2)C[C@]12CCC(=O)N(CC1CC1)CC2. The molecule has 2 heterocycles. The van der Waals surface area contributed by atoms with E-state index in [1.165, 1.54) is 32.1 Å². The third-order valence-electron chi connectivity index (χ3n) is 7.40. The molecule has 2 aliphatic carbocycles. The fourth-order valence-corrected chi connectivity index (χ4v) is 5.18. The van der Waals surface area contributed by atoms with Crippen molar-refractivity contribution in [2.24, 2.45) is 5.92 Å². The summed E-state index contributed by atoms with van der Waals surface area (Å²) in [5.41, 5.74) is -0.0455. The summed E-state index contributed by atoms with van der Waals surface area (Å²) in [5, 5.41) is 3.28. The van der Waals surface area contributed by atoms with E-state index in [1.54, 1.807) is 0 Å². The summed E-state index contributed by atoms with van der Waals surface area (Å²) in [6.45, 7) is 4.24. The smallest absolute Gasteiger partial charge is 0.317 e. The van der Waals surface area contributed by atoms with Gasteiger partial charge in [-0.25, -0.2) is 4.79 Å². The monoisotopic (exact) mass is 376 g/mol. The van der Waals surface area contributed by atoms with Crippen molar-refractivity contribution in [3.8, 4) is 0 Å². The second kappa shape index (κ2) is 7.98. The number of likely N-dealkylation sites (N-methyl/N-ethyl adjacent to an activating group) is 1. The van der Waals surface area contributed by atoms with Gasteiger partial charge in [0.1, 0.15) is 0 Å². The lowest BCUT2D eigenvalue weighted by molar-refractivity contribution is -0.130. The Hall–Kier alpha value is -1.30. The highest BCUT2D eigenvalue weighted by Gasteiger charge is 2.44. The Kier molecular flexibility index (Phi) is 5.62. The van der Waals surface area contributed by atoms with Gasteiger partial charge in [0.2, 0.25) is 5.91 Å². The third kappa shape index (κ3) is 4.41. The zero-order valence-electron chi connectivity index (χ0n) is 16.9. The first kappa shape index (κ1) is 19.0. The molecule has 4 aliphatic rings. The molecule has 0 aromatic carbocycles. The van der Waals surface area contributed by atoms with Gasteiger partial charge in [0.05, 0.1) is 0 Å². The van der Waals surface area contributed by atoms with Gasteiger partial charge in [0.25, 0.3) is 0 Å². The molecule has 6 nitrogen and oxygen atoms in total. The van der Waals surface area contributed by atoms with Crippen LogP contribution in [0.25, 0.3) is 0 Å². The number of piperazine rings is 1. The van der Waals surface area contributed by atoms with E-state index >= 15 is 0 Å². The number of nitrogens with one attached hydrogen (secondary N) is 1. The maximum absolute atomic E-state index is 12.9. The van der Waals surface area contributed by atoms with Crippen LogP contribution in [0.5, 0.6) is 0 Å². The molecule has 2 aliphatic heterocycles. The maximum Gasteiger partial charge on any atom is 0.317 e. The second-order valence-electron chi connectivity index (χ2n) is 9.39. The number of likely N-dealkylation sites (tertiary alicyclic amines) is 1. The lowest BCUT2D eigenvalue weighted by Gasteiger charge is -2.49. The maximum atomic E-state index is 12.9. The highest BCUT2D eigenvalue weighted by Crippen LogP contribution is 2.35. The van der Waals surface area contributed by atoms with Crippen molar-refractivity contribution in [2.45, 2.75) is 75.8 Å². The fraction of sp³-hybridized carbons (Fsp3) is 0.905. The molecule has 2 saturated carbocycles. The average molecular weight is 377 g/mol. The molecule has 0 bridgehead atoms. The van der Waals surface area contributed by atoms with Crippen LogP contribution >= 0.6 is 0 Å². The van der Waals surface area contributed by atoms with Gasteiger partial charge in [0.15, 0.2) is 0 Å². The Morgan fingerprint density at radius 2 is 1.85 bits per heavy atom. The molecule has 1 spiro atoms. The second-order valence-corrected chi connectivity index (χ2v) is 9.39. The number of hydrogen-bond donors (Lipinski definition) is 1. The molecule has 6 heteroatoms. The number of amides is 3. The largest absolute Gasteiger partial charge is 0.342 e. The molecule has 0 unspecified atom stereocenters. The van der Waals surface area contributed by atoms with Crippen LogP contribution in [0.3, 0.4) is 0 Å². The highest BCUT2D eigenvalue weighted by atomic mass is 16.2. The van der Waals surface area contributed by atoms with Gasteiger partial charge in [-0.1, -0.05) is 19.3 Å². The van der Waals surface area contributed by atoms with Gasteiger partial charge in [0, 0.05) is 50.7 Å². The van der Waals surface area contributed by atoms with Crippen LogP contribution in [-0.2, 0) is 4.79 Å². The van der Waals surface area contributed by atoms with E-state index in [2.05, 4.69) is 22.2 Å². The first-order valence-electron chi connectivity index (χ1n) is 11.1. The molecular weight excluding hydrogens is 340 g/mol. The molecule has 2 saturated heterocycles. The Bertz CT molecular complexity index is 558. The first-order valence-corrected chi connectivity index (χ1v) is 11.1. The van der Waals surface area contributed by atoms with Crippen LogP contribution in [0, 0.1) is 5.92 Å². The summed E-state index contributed by atoms with van der Waals surface area (Å²) in [4.78, 5) is 32.0. The standard InChI is InChI=1S/C21H36N4O2/c1-23-13-14-25(20(27)22-18-5-3-2-4-6-18)16-21(23)10-9-19(26)24(12-11-21)15-17-7-8-17/h17-18H,2-16H2,1H3,(H,22,27)/t21-/m1/s1. The van der Waals surface area contributed by atoms with E-state index in [0.29, 0.717) is 18.4 Å². The summed E-state index contributed by atoms with van der Waals surface area (Å²) in [6, 6.07) is 0.464. The van der Waals surface area contributed by atoms with E-state index < -0.39 is 0 Å². The third-order valence-corrected chi connectivity index (χ3v) is 7.40. The van der Waals surface area contributed by atoms with Crippen molar-refractivity contribution < 1.29 is 9.59 Å². The van der Waals surface area contributed by atoms with Gasteiger partial charge in [-0.15, -0.1) is 0 Å². The van der Waals surface area contributed by atoms with Crippen LogP contribution in [0.15, 0.2) is 0 Å².